The average molecular weight is 623 g/mol. The van der Waals surface area contributed by atoms with E-state index in [1.165, 1.54) is 31.1 Å². The molecule has 0 aliphatic heterocycles. The van der Waals surface area contributed by atoms with Gasteiger partial charge >= 0.3 is 5.97 Å². The molecule has 0 bridgehead atoms. The maximum atomic E-state index is 14.2. The molecule has 1 aromatic heterocycles. The quantitative estimate of drug-likeness (QED) is 0.264. The first-order chi connectivity index (χ1) is 21.0. The van der Waals surface area contributed by atoms with Gasteiger partial charge in [0.15, 0.2) is 5.60 Å². The van der Waals surface area contributed by atoms with E-state index >= 15 is 0 Å². The summed E-state index contributed by atoms with van der Waals surface area (Å²) in [6, 6.07) is 7.81. The zero-order valence-corrected chi connectivity index (χ0v) is 26.1. The van der Waals surface area contributed by atoms with Crippen LogP contribution >= 0.6 is 12.6 Å². The summed E-state index contributed by atoms with van der Waals surface area (Å²) >= 11 is 4.26. The molecule has 0 amide bonds. The van der Waals surface area contributed by atoms with Crippen LogP contribution in [0.2, 0.25) is 0 Å². The number of aliphatic hydroxyl groups excluding tert-OH is 1. The maximum Gasteiger partial charge on any atom is 0.375 e. The highest BCUT2D eigenvalue weighted by molar-refractivity contribution is 7.96. The van der Waals surface area contributed by atoms with Crippen LogP contribution in [0, 0.1) is 34.4 Å². The first-order valence-corrected chi connectivity index (χ1v) is 15.6. The van der Waals surface area contributed by atoms with Gasteiger partial charge in [0.1, 0.15) is 5.82 Å². The number of esters is 1. The number of carbonyl (C=O) groups excluding carboxylic acids is 2. The molecule has 3 N–H and O–H groups in total. The van der Waals surface area contributed by atoms with E-state index in [9.17, 15) is 19.1 Å². The molecule has 1 heterocycles. The summed E-state index contributed by atoms with van der Waals surface area (Å²) in [5.74, 6) is -0.992. The first kappa shape index (κ1) is 30.8. The lowest BCUT2D eigenvalue weighted by Crippen LogP contribution is -2.62. The zero-order chi connectivity index (χ0) is 31.4. The fourth-order valence-electron chi connectivity index (χ4n) is 9.12. The van der Waals surface area contributed by atoms with Crippen LogP contribution < -0.4 is 5.73 Å². The number of nitrogens with two attached hydrogens (primary N) is 1. The number of rotatable bonds is 6. The van der Waals surface area contributed by atoms with Crippen molar-refractivity contribution in [2.45, 2.75) is 70.7 Å². The van der Waals surface area contributed by atoms with Gasteiger partial charge in [-0.05, 0) is 110 Å². The summed E-state index contributed by atoms with van der Waals surface area (Å²) in [6.07, 6.45) is 7.80. The smallest absolute Gasteiger partial charge is 0.375 e. The number of nitrogens with zero attached hydrogens (tertiary/aromatic N) is 1. The summed E-state index contributed by atoms with van der Waals surface area (Å²) in [4.78, 5) is 31.2. The predicted molar refractivity (Wildman–Crippen MR) is 166 cm³/mol. The number of fused-ring (bicyclic) bond motifs is 5. The molecule has 3 saturated carbocycles. The van der Waals surface area contributed by atoms with Gasteiger partial charge in [0, 0.05) is 18.1 Å². The second kappa shape index (κ2) is 11.3. The number of hydrogen-bond donors (Lipinski definition) is 3. The van der Waals surface area contributed by atoms with Crippen LogP contribution in [-0.2, 0) is 20.9 Å². The SMILES string of the molecule is COCc1cc(N=C2C=C3CC[C@@H]4C(C(O)C[C@@]5(C)C4CC[C@]5(OC(=O)c4ccco4)C(=O)S)[C@@]3(C)CC2=CN)ccc1F. The van der Waals surface area contributed by atoms with Gasteiger partial charge < -0.3 is 24.7 Å². The summed E-state index contributed by atoms with van der Waals surface area (Å²) in [5.41, 5.74) is 7.33. The number of benzene rings is 1. The number of ether oxygens (including phenoxy) is 2. The van der Waals surface area contributed by atoms with Crippen molar-refractivity contribution in [1.82, 2.24) is 0 Å². The Morgan fingerprint density at radius 3 is 2.75 bits per heavy atom. The van der Waals surface area contributed by atoms with Gasteiger partial charge in [0.05, 0.1) is 30.4 Å². The van der Waals surface area contributed by atoms with Crippen molar-refractivity contribution >= 4 is 35.1 Å². The summed E-state index contributed by atoms with van der Waals surface area (Å²) in [6.45, 7) is 4.31. The molecule has 4 aliphatic carbocycles. The number of allylic oxidation sites excluding steroid dienone is 3. The van der Waals surface area contributed by atoms with E-state index in [2.05, 4.69) is 25.6 Å². The van der Waals surface area contributed by atoms with Gasteiger partial charge in [-0.3, -0.25) is 4.79 Å². The number of aliphatic hydroxyl groups is 1. The van der Waals surface area contributed by atoms with Gasteiger partial charge in [-0.25, -0.2) is 14.2 Å². The van der Waals surface area contributed by atoms with E-state index < -0.39 is 28.2 Å². The van der Waals surface area contributed by atoms with Gasteiger partial charge in [-0.2, -0.15) is 0 Å². The Morgan fingerprint density at radius 1 is 1.27 bits per heavy atom. The number of carbonyl (C=O) groups is 2. The molecule has 0 spiro atoms. The van der Waals surface area contributed by atoms with Gasteiger partial charge in [-0.1, -0.05) is 19.4 Å². The van der Waals surface area contributed by atoms with Crippen molar-refractivity contribution in [3.8, 4) is 0 Å². The fourth-order valence-corrected chi connectivity index (χ4v) is 9.54. The Balaban J connectivity index is 1.33. The molecule has 234 valence electrons. The molecule has 6 rings (SSSR count). The molecular formula is C34H39FN2O6S. The lowest BCUT2D eigenvalue weighted by Gasteiger charge is -2.60. The van der Waals surface area contributed by atoms with Gasteiger partial charge in [0.2, 0.25) is 10.9 Å². The topological polar surface area (TPSA) is 124 Å². The standard InChI is InChI=1S/C34H39FN2O6S/c1-32-15-20(17-36)26(37-22-7-9-25(35)19(13-22)18-41-3)14-21(32)6-8-23-24-10-11-34(31(40)44,33(24,2)16-27(38)29(23)32)43-30(39)28-5-4-12-42-28/h4-5,7,9,12-14,17,23-24,27,29,38H,6,8,10-11,15-16,18,36H2,1-3H3,(H,40,44)/t23-,24?,27?,29?,32-,33-,34-/m0/s1. The van der Waals surface area contributed by atoms with Gasteiger partial charge in [-0.15, -0.1) is 12.6 Å². The number of thiol groups is 1. The molecule has 8 nitrogen and oxygen atoms in total. The van der Waals surface area contributed by atoms with Crippen LogP contribution in [0.25, 0.3) is 0 Å². The third kappa shape index (κ3) is 4.68. The molecule has 7 atom stereocenters. The third-order valence-corrected chi connectivity index (χ3v) is 11.5. The van der Waals surface area contributed by atoms with Crippen LogP contribution in [0.15, 0.2) is 69.4 Å². The Hall–Kier alpha value is -3.21. The van der Waals surface area contributed by atoms with Crippen LogP contribution in [0.5, 0.6) is 0 Å². The third-order valence-electron chi connectivity index (χ3n) is 11.1. The van der Waals surface area contributed by atoms with Gasteiger partial charge in [0.25, 0.3) is 0 Å². The van der Waals surface area contributed by atoms with E-state index in [0.717, 1.165) is 24.1 Å². The predicted octanol–water partition coefficient (Wildman–Crippen LogP) is 6.08. The first-order valence-electron chi connectivity index (χ1n) is 15.1. The number of aliphatic imine (C=N–C) groups is 1. The van der Waals surface area contributed by atoms with Crippen LogP contribution in [0.3, 0.4) is 0 Å². The average Bonchev–Trinajstić information content (AvgIpc) is 3.62. The lowest BCUT2D eigenvalue weighted by molar-refractivity contribution is -0.174. The molecule has 44 heavy (non-hydrogen) atoms. The summed E-state index contributed by atoms with van der Waals surface area (Å²) in [7, 11) is 1.52. The molecular weight excluding hydrogens is 583 g/mol. The molecule has 0 radical (unpaired) electrons. The second-order valence-corrected chi connectivity index (χ2v) is 13.6. The normalized spacial score (nSPS) is 36.4. The summed E-state index contributed by atoms with van der Waals surface area (Å²) < 4.78 is 30.6. The second-order valence-electron chi connectivity index (χ2n) is 13.2. The van der Waals surface area contributed by atoms with E-state index in [-0.39, 0.29) is 41.4 Å². The Morgan fingerprint density at radius 2 is 2.07 bits per heavy atom. The molecule has 0 saturated heterocycles. The Kier molecular flexibility index (Phi) is 7.91. The Bertz CT molecular complexity index is 1570. The minimum atomic E-state index is -1.47. The molecule has 10 heteroatoms. The van der Waals surface area contributed by atoms with E-state index in [1.54, 1.807) is 24.4 Å². The lowest BCUT2D eigenvalue weighted by atomic mass is 9.45. The highest BCUT2D eigenvalue weighted by Crippen LogP contribution is 2.69. The minimum absolute atomic E-state index is 0.0246. The highest BCUT2D eigenvalue weighted by Gasteiger charge is 2.70. The minimum Gasteiger partial charge on any atom is -0.457 e. The number of halogens is 1. The number of methoxy groups -OCH3 is 1. The number of furan rings is 1. The van der Waals surface area contributed by atoms with Crippen LogP contribution in [0.4, 0.5) is 10.1 Å². The van der Waals surface area contributed by atoms with Crippen LogP contribution in [-0.4, -0.2) is 40.7 Å². The van der Waals surface area contributed by atoms with E-state index in [1.807, 2.05) is 6.92 Å². The molecule has 3 fully saturated rings. The monoisotopic (exact) mass is 622 g/mol. The largest absolute Gasteiger partial charge is 0.457 e. The van der Waals surface area contributed by atoms with Crippen molar-refractivity contribution < 1.29 is 33.0 Å². The van der Waals surface area contributed by atoms with E-state index in [0.29, 0.717) is 36.9 Å². The summed E-state index contributed by atoms with van der Waals surface area (Å²) in [5, 5.41) is 11.5. The molecule has 4 aliphatic rings. The van der Waals surface area contributed by atoms with Crippen molar-refractivity contribution in [2.24, 2.45) is 39.3 Å². The molecule has 1 aromatic carbocycles. The van der Waals surface area contributed by atoms with Crippen LogP contribution in [0.1, 0.15) is 68.5 Å². The number of hydrogen-bond acceptors (Lipinski definition) is 8. The van der Waals surface area contributed by atoms with Crippen molar-refractivity contribution in [3.05, 3.63) is 77.2 Å². The fraction of sp³-hybridized carbons (Fsp3) is 0.500. The van der Waals surface area contributed by atoms with Crippen molar-refractivity contribution in [1.29, 1.82) is 0 Å². The maximum absolute atomic E-state index is 14.2. The Labute approximate surface area is 262 Å². The van der Waals surface area contributed by atoms with Crippen molar-refractivity contribution in [2.75, 3.05) is 7.11 Å². The zero-order valence-electron chi connectivity index (χ0n) is 25.2. The van der Waals surface area contributed by atoms with E-state index in [4.69, 9.17) is 24.6 Å². The molecule has 3 unspecified atom stereocenters. The van der Waals surface area contributed by atoms with Crippen molar-refractivity contribution in [3.63, 3.8) is 0 Å². The molecule has 2 aromatic rings. The highest BCUT2D eigenvalue weighted by atomic mass is 32.1.